The lowest BCUT2D eigenvalue weighted by Gasteiger charge is -2.14. The summed E-state index contributed by atoms with van der Waals surface area (Å²) in [6.07, 6.45) is 1.52. The van der Waals surface area contributed by atoms with Crippen LogP contribution in [0.25, 0.3) is 0 Å². The molecule has 3 aromatic rings. The van der Waals surface area contributed by atoms with Crippen molar-refractivity contribution in [2.75, 3.05) is 19.0 Å². The number of amides is 1. The Labute approximate surface area is 175 Å². The Morgan fingerprint density at radius 1 is 1.17 bits per heavy atom. The van der Waals surface area contributed by atoms with Gasteiger partial charge >= 0.3 is 0 Å². The number of rotatable bonds is 9. The predicted molar refractivity (Wildman–Crippen MR) is 117 cm³/mol. The van der Waals surface area contributed by atoms with Gasteiger partial charge in [0.25, 0.3) is 5.91 Å². The number of hydrogen-bond acceptors (Lipinski definition) is 6. The third-order valence-corrected chi connectivity index (χ3v) is 5.37. The fraction of sp³-hybridized carbons (Fsp3) is 0.318. The van der Waals surface area contributed by atoms with E-state index < -0.39 is 0 Å². The number of aromatic nitrogens is 2. The first-order valence-electron chi connectivity index (χ1n) is 9.61. The molecule has 2 N–H and O–H groups in total. The minimum absolute atomic E-state index is 0.0384. The van der Waals surface area contributed by atoms with Crippen LogP contribution in [0.4, 0.5) is 5.13 Å². The van der Waals surface area contributed by atoms with Gasteiger partial charge in [-0.05, 0) is 55.7 Å². The van der Waals surface area contributed by atoms with E-state index in [9.17, 15) is 4.79 Å². The second kappa shape index (κ2) is 10.0. The van der Waals surface area contributed by atoms with Crippen LogP contribution in [0, 0.1) is 6.92 Å². The molecule has 0 radical (unpaired) electrons. The van der Waals surface area contributed by atoms with Gasteiger partial charge in [0, 0.05) is 36.1 Å². The summed E-state index contributed by atoms with van der Waals surface area (Å²) in [5.74, 6) is 1.47. The molecular weight excluding hydrogens is 384 g/mol. The molecule has 1 amide bonds. The van der Waals surface area contributed by atoms with Gasteiger partial charge in [-0.2, -0.15) is 4.37 Å². The van der Waals surface area contributed by atoms with Crippen molar-refractivity contribution in [1.82, 2.24) is 14.7 Å². The summed E-state index contributed by atoms with van der Waals surface area (Å²) in [5.41, 5.74) is 3.11. The highest BCUT2D eigenvalue weighted by atomic mass is 32.1. The minimum Gasteiger partial charge on any atom is -0.497 e. The smallest absolute Gasteiger partial charge is 0.251 e. The zero-order valence-electron chi connectivity index (χ0n) is 16.9. The number of carbonyl (C=O) groups excluding carboxylic acids is 1. The number of benzene rings is 2. The van der Waals surface area contributed by atoms with E-state index in [0.29, 0.717) is 12.1 Å². The van der Waals surface area contributed by atoms with E-state index in [1.165, 1.54) is 22.7 Å². The lowest BCUT2D eigenvalue weighted by molar-refractivity contribution is 0.0939. The Balaban J connectivity index is 1.43. The molecule has 152 valence electrons. The molecular formula is C22H26N4O2S. The SMILES string of the molecule is COc1ccc(C(=O)NC(C)CCNc2nc(Cc3ccccc3C)ns2)cc1. The second-order valence-electron chi connectivity index (χ2n) is 6.94. The van der Waals surface area contributed by atoms with Crippen molar-refractivity contribution in [3.8, 4) is 5.75 Å². The van der Waals surface area contributed by atoms with E-state index in [1.807, 2.05) is 19.1 Å². The Hall–Kier alpha value is -2.93. The molecule has 6 nitrogen and oxygen atoms in total. The Morgan fingerprint density at radius 2 is 1.93 bits per heavy atom. The van der Waals surface area contributed by atoms with Crippen molar-refractivity contribution in [3.63, 3.8) is 0 Å². The number of nitrogens with one attached hydrogen (secondary N) is 2. The van der Waals surface area contributed by atoms with E-state index in [-0.39, 0.29) is 11.9 Å². The number of anilines is 1. The average Bonchev–Trinajstić information content (AvgIpc) is 3.17. The maximum absolute atomic E-state index is 12.3. The van der Waals surface area contributed by atoms with E-state index in [0.717, 1.165) is 29.5 Å². The highest BCUT2D eigenvalue weighted by molar-refractivity contribution is 7.09. The summed E-state index contributed by atoms with van der Waals surface area (Å²) < 4.78 is 9.56. The van der Waals surface area contributed by atoms with Crippen molar-refractivity contribution in [2.24, 2.45) is 0 Å². The van der Waals surface area contributed by atoms with Crippen molar-refractivity contribution >= 4 is 22.6 Å². The van der Waals surface area contributed by atoms with Crippen LogP contribution in [0.3, 0.4) is 0 Å². The predicted octanol–water partition coefficient (Wildman–Crippen LogP) is 4.07. The topological polar surface area (TPSA) is 76.1 Å². The first kappa shape index (κ1) is 20.8. The minimum atomic E-state index is -0.0865. The van der Waals surface area contributed by atoms with E-state index >= 15 is 0 Å². The second-order valence-corrected chi connectivity index (χ2v) is 7.69. The molecule has 0 fully saturated rings. The van der Waals surface area contributed by atoms with E-state index in [4.69, 9.17) is 4.74 Å². The third kappa shape index (κ3) is 6.02. The molecule has 0 bridgehead atoms. The lowest BCUT2D eigenvalue weighted by Crippen LogP contribution is -2.33. The van der Waals surface area contributed by atoms with Crippen molar-refractivity contribution < 1.29 is 9.53 Å². The standard InChI is InChI=1S/C22H26N4O2S/c1-15-6-4-5-7-18(15)14-20-25-22(29-26-20)23-13-12-16(2)24-21(27)17-8-10-19(28-3)11-9-17/h4-11,16H,12-14H2,1-3H3,(H,24,27)(H,23,25,26). The maximum Gasteiger partial charge on any atom is 0.251 e. The summed E-state index contributed by atoms with van der Waals surface area (Å²) in [6.45, 7) is 4.80. The maximum atomic E-state index is 12.3. The average molecular weight is 411 g/mol. The summed E-state index contributed by atoms with van der Waals surface area (Å²) >= 11 is 1.37. The molecule has 29 heavy (non-hydrogen) atoms. The third-order valence-electron chi connectivity index (χ3n) is 4.66. The van der Waals surface area contributed by atoms with Crippen molar-refractivity contribution in [2.45, 2.75) is 32.7 Å². The van der Waals surface area contributed by atoms with Crippen LogP contribution < -0.4 is 15.4 Å². The lowest BCUT2D eigenvalue weighted by atomic mass is 10.1. The molecule has 0 aliphatic carbocycles. The van der Waals surface area contributed by atoms with Crippen LogP contribution in [0.2, 0.25) is 0 Å². The van der Waals surface area contributed by atoms with Gasteiger partial charge in [0.2, 0.25) is 5.13 Å². The first-order valence-corrected chi connectivity index (χ1v) is 10.4. The van der Waals surface area contributed by atoms with Crippen LogP contribution in [0.15, 0.2) is 48.5 Å². The van der Waals surface area contributed by atoms with Gasteiger partial charge in [0.05, 0.1) is 7.11 Å². The molecule has 1 unspecified atom stereocenters. The summed E-state index contributed by atoms with van der Waals surface area (Å²) in [7, 11) is 1.60. The van der Waals surface area contributed by atoms with Crippen LogP contribution >= 0.6 is 11.5 Å². The van der Waals surface area contributed by atoms with Crippen molar-refractivity contribution in [1.29, 1.82) is 0 Å². The Morgan fingerprint density at radius 3 is 2.66 bits per heavy atom. The van der Waals surface area contributed by atoms with Gasteiger partial charge in [-0.25, -0.2) is 4.98 Å². The summed E-state index contributed by atoms with van der Waals surface area (Å²) in [6, 6.07) is 15.4. The zero-order valence-corrected chi connectivity index (χ0v) is 17.8. The molecule has 1 atom stereocenters. The quantitative estimate of drug-likeness (QED) is 0.556. The van der Waals surface area contributed by atoms with Crippen LogP contribution in [0.5, 0.6) is 5.75 Å². The number of ether oxygens (including phenoxy) is 1. The summed E-state index contributed by atoms with van der Waals surface area (Å²) in [5, 5.41) is 7.12. The highest BCUT2D eigenvalue weighted by Gasteiger charge is 2.11. The highest BCUT2D eigenvalue weighted by Crippen LogP contribution is 2.16. The number of carbonyl (C=O) groups is 1. The van der Waals surface area contributed by atoms with Gasteiger partial charge in [-0.1, -0.05) is 24.3 Å². The number of nitrogens with zero attached hydrogens (tertiary/aromatic N) is 2. The molecule has 0 saturated heterocycles. The largest absolute Gasteiger partial charge is 0.497 e. The van der Waals surface area contributed by atoms with E-state index in [2.05, 4.69) is 39.0 Å². The van der Waals surface area contributed by atoms with Gasteiger partial charge in [0.1, 0.15) is 11.6 Å². The molecule has 2 aromatic carbocycles. The normalized spacial score (nSPS) is 11.7. The zero-order chi connectivity index (χ0) is 20.6. The number of aryl methyl sites for hydroxylation is 1. The molecule has 1 aromatic heterocycles. The molecule has 0 spiro atoms. The number of methoxy groups -OCH3 is 1. The van der Waals surface area contributed by atoms with Gasteiger partial charge < -0.3 is 15.4 Å². The van der Waals surface area contributed by atoms with E-state index in [1.54, 1.807) is 31.4 Å². The molecule has 0 aliphatic rings. The number of hydrogen-bond donors (Lipinski definition) is 2. The van der Waals surface area contributed by atoms with Crippen molar-refractivity contribution in [3.05, 3.63) is 71.0 Å². The fourth-order valence-corrected chi connectivity index (χ4v) is 3.50. The van der Waals surface area contributed by atoms with Crippen LogP contribution in [0.1, 0.15) is 40.7 Å². The van der Waals surface area contributed by atoms with Gasteiger partial charge in [-0.15, -0.1) is 0 Å². The monoisotopic (exact) mass is 410 g/mol. The van der Waals surface area contributed by atoms with Crippen LogP contribution in [-0.4, -0.2) is 35.0 Å². The molecule has 3 rings (SSSR count). The van der Waals surface area contributed by atoms with Gasteiger partial charge in [0.15, 0.2) is 0 Å². The molecule has 0 aliphatic heterocycles. The van der Waals surface area contributed by atoms with Crippen LogP contribution in [-0.2, 0) is 6.42 Å². The fourth-order valence-electron chi connectivity index (χ4n) is 2.89. The first-order chi connectivity index (χ1) is 14.0. The molecule has 0 saturated carbocycles. The molecule has 7 heteroatoms. The molecule has 1 heterocycles. The Bertz CT molecular complexity index is 940. The van der Waals surface area contributed by atoms with Gasteiger partial charge in [-0.3, -0.25) is 4.79 Å². The Kier molecular flexibility index (Phi) is 7.19. The summed E-state index contributed by atoms with van der Waals surface area (Å²) in [4.78, 5) is 16.9.